The predicted octanol–water partition coefficient (Wildman–Crippen LogP) is 3.80. The highest BCUT2D eigenvalue weighted by Gasteiger charge is 2.25. The van der Waals surface area contributed by atoms with Gasteiger partial charge in [0.25, 0.3) is 0 Å². The molecule has 0 saturated carbocycles. The van der Waals surface area contributed by atoms with Crippen LogP contribution in [0.25, 0.3) is 0 Å². The van der Waals surface area contributed by atoms with Crippen molar-refractivity contribution < 1.29 is 19.1 Å². The number of fused-ring (bicyclic) bond motifs is 1. The van der Waals surface area contributed by atoms with E-state index < -0.39 is 11.8 Å². The lowest BCUT2D eigenvalue weighted by molar-refractivity contribution is -0.134. The summed E-state index contributed by atoms with van der Waals surface area (Å²) in [6.07, 6.45) is 0. The van der Waals surface area contributed by atoms with Crippen molar-refractivity contribution in [3.8, 4) is 0 Å². The van der Waals surface area contributed by atoms with Gasteiger partial charge < -0.3 is 9.94 Å². The molecule has 0 unspecified atom stereocenters. The molecule has 0 saturated heterocycles. The fourth-order valence-corrected chi connectivity index (χ4v) is 2.81. The van der Waals surface area contributed by atoms with Crippen molar-refractivity contribution in [2.45, 2.75) is 6.92 Å². The molecule has 0 radical (unpaired) electrons. The van der Waals surface area contributed by atoms with Gasteiger partial charge >= 0.3 is 5.97 Å². The Hall–Kier alpha value is -3.06. The largest absolute Gasteiger partial charge is 0.461 e. The molecule has 1 aliphatic rings. The fourth-order valence-electron chi connectivity index (χ4n) is 2.64. The number of aliphatic imine (C=N–C) groups is 2. The molecule has 3 rings (SSSR count). The molecule has 8 heteroatoms. The monoisotopic (exact) mass is 387 g/mol. The Morgan fingerprint density at radius 2 is 2.07 bits per heavy atom. The molecule has 2 aromatic rings. The van der Waals surface area contributed by atoms with Gasteiger partial charge in [0.1, 0.15) is 5.82 Å². The van der Waals surface area contributed by atoms with Crippen LogP contribution in [0.15, 0.2) is 57.6 Å². The van der Waals surface area contributed by atoms with Crippen LogP contribution in [-0.4, -0.2) is 41.5 Å². The van der Waals surface area contributed by atoms with Crippen LogP contribution < -0.4 is 0 Å². The van der Waals surface area contributed by atoms with E-state index in [0.717, 1.165) is 0 Å². The SMILES string of the molecule is CCOC(=O)/C(=N/O)C1=Nc2ccc(Cl)cc2C(c2ccccc2F)=NC1. The minimum atomic E-state index is -0.821. The number of benzene rings is 2. The number of hydrogen-bond acceptors (Lipinski definition) is 6. The number of carbonyl (C=O) groups is 1. The standard InChI is InChI=1S/C19H15ClFN3O3/c1-2-27-19(25)18(24-26)16-10-22-17(12-5-3-4-6-14(12)21)13-9-11(20)7-8-15(13)23-16/h3-9,26H,2,10H2,1H3/b24-18+. The summed E-state index contributed by atoms with van der Waals surface area (Å²) < 4.78 is 19.2. The highest BCUT2D eigenvalue weighted by atomic mass is 35.5. The lowest BCUT2D eigenvalue weighted by Gasteiger charge is -2.09. The zero-order chi connectivity index (χ0) is 19.4. The lowest BCUT2D eigenvalue weighted by atomic mass is 10.0. The first kappa shape index (κ1) is 18.7. The van der Waals surface area contributed by atoms with Crippen molar-refractivity contribution in [3.05, 3.63) is 64.4 Å². The van der Waals surface area contributed by atoms with Crippen LogP contribution in [0, 0.1) is 5.82 Å². The molecular formula is C19H15ClFN3O3. The van der Waals surface area contributed by atoms with Crippen molar-refractivity contribution in [2.24, 2.45) is 15.1 Å². The Bertz CT molecular complexity index is 986. The van der Waals surface area contributed by atoms with E-state index in [2.05, 4.69) is 15.1 Å². The van der Waals surface area contributed by atoms with Crippen molar-refractivity contribution in [3.63, 3.8) is 0 Å². The summed E-state index contributed by atoms with van der Waals surface area (Å²) in [5.74, 6) is -1.27. The van der Waals surface area contributed by atoms with Crippen LogP contribution in [-0.2, 0) is 9.53 Å². The number of rotatable bonds is 4. The van der Waals surface area contributed by atoms with Gasteiger partial charge in [-0.05, 0) is 37.3 Å². The highest BCUT2D eigenvalue weighted by Crippen LogP contribution is 2.29. The normalized spacial score (nSPS) is 14.0. The number of hydrogen-bond donors (Lipinski definition) is 1. The van der Waals surface area contributed by atoms with Crippen LogP contribution in [0.1, 0.15) is 18.1 Å². The van der Waals surface area contributed by atoms with E-state index in [1.165, 1.54) is 6.07 Å². The van der Waals surface area contributed by atoms with Gasteiger partial charge in [0.15, 0.2) is 0 Å². The summed E-state index contributed by atoms with van der Waals surface area (Å²) in [7, 11) is 0. The van der Waals surface area contributed by atoms with Gasteiger partial charge in [0, 0.05) is 16.1 Å². The molecule has 1 heterocycles. The first-order valence-electron chi connectivity index (χ1n) is 8.11. The van der Waals surface area contributed by atoms with E-state index in [4.69, 9.17) is 16.3 Å². The van der Waals surface area contributed by atoms with E-state index >= 15 is 0 Å². The quantitative estimate of drug-likeness (QED) is 0.375. The molecule has 0 aliphatic carbocycles. The van der Waals surface area contributed by atoms with Gasteiger partial charge in [0.05, 0.1) is 30.3 Å². The Labute approximate surface area is 159 Å². The van der Waals surface area contributed by atoms with E-state index in [9.17, 15) is 14.4 Å². The van der Waals surface area contributed by atoms with Crippen molar-refractivity contribution in [1.82, 2.24) is 0 Å². The maximum absolute atomic E-state index is 14.4. The van der Waals surface area contributed by atoms with Crippen LogP contribution in [0.3, 0.4) is 0 Å². The van der Waals surface area contributed by atoms with Gasteiger partial charge in [-0.1, -0.05) is 28.9 Å². The first-order valence-corrected chi connectivity index (χ1v) is 8.49. The molecule has 138 valence electrons. The molecule has 1 N–H and O–H groups in total. The molecular weight excluding hydrogens is 373 g/mol. The number of carbonyl (C=O) groups excluding carboxylic acids is 1. The second kappa shape index (κ2) is 8.09. The second-order valence-corrected chi connectivity index (χ2v) is 5.97. The Morgan fingerprint density at radius 1 is 1.30 bits per heavy atom. The third-order valence-electron chi connectivity index (χ3n) is 3.83. The number of nitrogens with zero attached hydrogens (tertiary/aromatic N) is 3. The van der Waals surface area contributed by atoms with Crippen molar-refractivity contribution in [2.75, 3.05) is 13.2 Å². The molecule has 0 fully saturated rings. The molecule has 6 nitrogen and oxygen atoms in total. The number of halogens is 2. The van der Waals surface area contributed by atoms with Gasteiger partial charge in [-0.25, -0.2) is 14.2 Å². The smallest absolute Gasteiger partial charge is 0.362 e. The van der Waals surface area contributed by atoms with E-state index in [0.29, 0.717) is 22.0 Å². The lowest BCUT2D eigenvalue weighted by Crippen LogP contribution is -2.28. The maximum Gasteiger partial charge on any atom is 0.362 e. The molecule has 0 spiro atoms. The minimum absolute atomic E-state index is 0.103. The Balaban J connectivity index is 2.16. The average Bonchev–Trinajstić information content (AvgIpc) is 2.83. The van der Waals surface area contributed by atoms with Crippen LogP contribution in [0.2, 0.25) is 5.02 Å². The number of ether oxygens (including phenoxy) is 1. The van der Waals surface area contributed by atoms with Gasteiger partial charge in [-0.15, -0.1) is 0 Å². The van der Waals surface area contributed by atoms with Gasteiger partial charge in [-0.3, -0.25) is 4.99 Å². The summed E-state index contributed by atoms with van der Waals surface area (Å²) in [5, 5.41) is 12.7. The Morgan fingerprint density at radius 3 is 2.78 bits per heavy atom. The van der Waals surface area contributed by atoms with Crippen LogP contribution in [0.5, 0.6) is 0 Å². The second-order valence-electron chi connectivity index (χ2n) is 5.53. The van der Waals surface area contributed by atoms with Gasteiger partial charge in [-0.2, -0.15) is 0 Å². The predicted molar refractivity (Wildman–Crippen MR) is 101 cm³/mol. The van der Waals surface area contributed by atoms with Gasteiger partial charge in [0.2, 0.25) is 5.71 Å². The molecule has 0 amide bonds. The maximum atomic E-state index is 14.4. The highest BCUT2D eigenvalue weighted by molar-refractivity contribution is 6.66. The fraction of sp³-hybridized carbons (Fsp3) is 0.158. The first-order chi connectivity index (χ1) is 13.0. The zero-order valence-corrected chi connectivity index (χ0v) is 15.1. The number of esters is 1. The summed E-state index contributed by atoms with van der Waals surface area (Å²) in [4.78, 5) is 20.8. The summed E-state index contributed by atoms with van der Waals surface area (Å²) >= 11 is 6.11. The molecule has 0 bridgehead atoms. The van der Waals surface area contributed by atoms with Crippen LogP contribution >= 0.6 is 11.6 Å². The summed E-state index contributed by atoms with van der Waals surface area (Å²) in [5.41, 5.74) is 1.28. The third-order valence-corrected chi connectivity index (χ3v) is 4.06. The van der Waals surface area contributed by atoms with Crippen LogP contribution in [0.4, 0.5) is 10.1 Å². The topological polar surface area (TPSA) is 83.6 Å². The third kappa shape index (κ3) is 3.88. The van der Waals surface area contributed by atoms with E-state index in [1.807, 2.05) is 0 Å². The molecule has 27 heavy (non-hydrogen) atoms. The molecule has 0 atom stereocenters. The Kier molecular flexibility index (Phi) is 5.61. The van der Waals surface area contributed by atoms with Crippen molar-refractivity contribution in [1.29, 1.82) is 0 Å². The van der Waals surface area contributed by atoms with Crippen molar-refractivity contribution >= 4 is 40.4 Å². The summed E-state index contributed by atoms with van der Waals surface area (Å²) in [6.45, 7) is 1.64. The minimum Gasteiger partial charge on any atom is -0.461 e. The zero-order valence-electron chi connectivity index (χ0n) is 14.3. The molecule has 2 aromatic carbocycles. The molecule has 1 aliphatic heterocycles. The summed E-state index contributed by atoms with van der Waals surface area (Å²) in [6, 6.07) is 11.1. The number of oxime groups is 1. The van der Waals surface area contributed by atoms with E-state index in [1.54, 1.807) is 43.3 Å². The average molecular weight is 388 g/mol. The van der Waals surface area contributed by atoms with E-state index in [-0.39, 0.29) is 30.1 Å². The molecule has 0 aromatic heterocycles.